The number of hydrogen-bond donors (Lipinski definition) is 0. The number of imide groups is 2. The van der Waals surface area contributed by atoms with Gasteiger partial charge in [0.05, 0.1) is 24.2 Å². The number of amides is 4. The van der Waals surface area contributed by atoms with Gasteiger partial charge in [0.25, 0.3) is 23.6 Å². The summed E-state index contributed by atoms with van der Waals surface area (Å²) in [5.41, 5.74) is -1.06. The van der Waals surface area contributed by atoms with E-state index in [4.69, 9.17) is 0 Å². The van der Waals surface area contributed by atoms with Gasteiger partial charge in [-0.15, -0.1) is 0 Å². The van der Waals surface area contributed by atoms with E-state index in [0.29, 0.717) is 0 Å². The van der Waals surface area contributed by atoms with Crippen LogP contribution in [0.25, 0.3) is 10.8 Å². The number of carbonyl (C=O) groups is 4. The third-order valence-corrected chi connectivity index (χ3v) is 7.31. The molecule has 4 aromatic rings. The number of rotatable bonds is 4. The van der Waals surface area contributed by atoms with Gasteiger partial charge in [-0.2, -0.15) is 26.3 Å². The minimum Gasteiger partial charge on any atom is -0.270 e. The van der Waals surface area contributed by atoms with Crippen molar-refractivity contribution in [2.24, 2.45) is 0 Å². The lowest BCUT2D eigenvalue weighted by Gasteiger charge is -2.32. The lowest BCUT2D eigenvalue weighted by molar-refractivity contribution is -0.138. The van der Waals surface area contributed by atoms with Crippen LogP contribution in [0, 0.1) is 0 Å². The summed E-state index contributed by atoms with van der Waals surface area (Å²) in [6.07, 6.45) is -9.10. The molecule has 0 atom stereocenters. The first-order valence-electron chi connectivity index (χ1n) is 12.4. The second-order valence-corrected chi connectivity index (χ2v) is 9.85. The van der Waals surface area contributed by atoms with E-state index >= 15 is 0 Å². The number of benzene rings is 4. The zero-order chi connectivity index (χ0) is 30.1. The number of nitrogens with zero attached hydrogens (tertiary/aromatic N) is 2. The lowest BCUT2D eigenvalue weighted by atomic mass is 9.85. The molecule has 6 rings (SSSR count). The zero-order valence-electron chi connectivity index (χ0n) is 21.1. The highest BCUT2D eigenvalue weighted by Gasteiger charge is 2.40. The molecule has 0 saturated heterocycles. The van der Waals surface area contributed by atoms with Gasteiger partial charge in [0.1, 0.15) is 0 Å². The normalized spacial score (nSPS) is 15.2. The molecule has 0 spiro atoms. The maximum absolute atomic E-state index is 13.4. The van der Waals surface area contributed by atoms with Crippen LogP contribution in [0.1, 0.15) is 63.7 Å². The molecule has 0 bridgehead atoms. The second kappa shape index (κ2) is 9.26. The molecule has 0 N–H and O–H groups in total. The van der Waals surface area contributed by atoms with E-state index in [1.807, 2.05) is 0 Å². The molecule has 12 heteroatoms. The molecule has 0 aromatic heterocycles. The Labute approximate surface area is 232 Å². The van der Waals surface area contributed by atoms with Gasteiger partial charge < -0.3 is 0 Å². The average Bonchev–Trinajstić information content (AvgIpc) is 2.94. The van der Waals surface area contributed by atoms with Crippen molar-refractivity contribution in [1.29, 1.82) is 0 Å². The van der Waals surface area contributed by atoms with Crippen molar-refractivity contribution in [3.8, 4) is 0 Å². The highest BCUT2D eigenvalue weighted by molar-refractivity contribution is 6.33. The van der Waals surface area contributed by atoms with Crippen LogP contribution in [-0.2, 0) is 25.4 Å². The Morgan fingerprint density at radius 3 is 0.929 bits per heavy atom. The molecular formula is C30H16F6N2O4. The van der Waals surface area contributed by atoms with Crippen molar-refractivity contribution < 1.29 is 45.5 Å². The first-order chi connectivity index (χ1) is 19.8. The molecule has 0 radical (unpaired) electrons. The van der Waals surface area contributed by atoms with Gasteiger partial charge in [-0.1, -0.05) is 24.3 Å². The van der Waals surface area contributed by atoms with E-state index in [-0.39, 0.29) is 57.2 Å². The van der Waals surface area contributed by atoms with Gasteiger partial charge in [0, 0.05) is 33.0 Å². The zero-order valence-corrected chi connectivity index (χ0v) is 21.1. The Bertz CT molecular complexity index is 1620. The Morgan fingerprint density at radius 1 is 0.429 bits per heavy atom. The number of halogens is 6. The van der Waals surface area contributed by atoms with E-state index in [2.05, 4.69) is 0 Å². The van der Waals surface area contributed by atoms with Crippen molar-refractivity contribution in [3.05, 3.63) is 117 Å². The fourth-order valence-electron chi connectivity index (χ4n) is 5.23. The van der Waals surface area contributed by atoms with Crippen LogP contribution in [-0.4, -0.2) is 33.4 Å². The first kappa shape index (κ1) is 27.2. The van der Waals surface area contributed by atoms with Gasteiger partial charge in [-0.3, -0.25) is 29.0 Å². The monoisotopic (exact) mass is 582 g/mol. The predicted octanol–water partition coefficient (Wildman–Crippen LogP) is 6.47. The van der Waals surface area contributed by atoms with Gasteiger partial charge >= 0.3 is 12.4 Å². The highest BCUT2D eigenvalue weighted by Crippen LogP contribution is 2.39. The second-order valence-electron chi connectivity index (χ2n) is 9.85. The van der Waals surface area contributed by atoms with E-state index in [1.165, 1.54) is 48.5 Å². The minimum atomic E-state index is -4.55. The molecule has 0 fully saturated rings. The Balaban J connectivity index is 1.33. The van der Waals surface area contributed by atoms with Crippen molar-refractivity contribution in [2.45, 2.75) is 25.4 Å². The molecule has 0 unspecified atom stereocenters. The summed E-state index contributed by atoms with van der Waals surface area (Å²) in [5.74, 6) is -2.99. The van der Waals surface area contributed by atoms with Crippen LogP contribution in [0.2, 0.25) is 0 Å². The predicted molar refractivity (Wildman–Crippen MR) is 135 cm³/mol. The highest BCUT2D eigenvalue weighted by atomic mass is 19.4. The van der Waals surface area contributed by atoms with Crippen LogP contribution >= 0.6 is 0 Å². The molecule has 0 aliphatic carbocycles. The average molecular weight is 582 g/mol. The topological polar surface area (TPSA) is 74.8 Å². The molecule has 0 saturated carbocycles. The summed E-state index contributed by atoms with van der Waals surface area (Å²) in [6.45, 7) is -0.613. The van der Waals surface area contributed by atoms with E-state index in [0.717, 1.165) is 34.1 Å². The van der Waals surface area contributed by atoms with Gasteiger partial charge in [-0.25, -0.2) is 0 Å². The summed E-state index contributed by atoms with van der Waals surface area (Å²) < 4.78 is 77.6. The third-order valence-electron chi connectivity index (χ3n) is 7.31. The molecule has 4 aromatic carbocycles. The first-order valence-corrected chi connectivity index (χ1v) is 12.4. The summed E-state index contributed by atoms with van der Waals surface area (Å²) in [4.78, 5) is 55.4. The smallest absolute Gasteiger partial charge is 0.270 e. The molecular weight excluding hydrogens is 566 g/mol. The Hall–Kier alpha value is -5.00. The summed E-state index contributed by atoms with van der Waals surface area (Å²) >= 11 is 0. The number of hydrogen-bond acceptors (Lipinski definition) is 4. The Kier molecular flexibility index (Phi) is 6.00. The van der Waals surface area contributed by atoms with Crippen molar-refractivity contribution in [1.82, 2.24) is 9.80 Å². The van der Waals surface area contributed by atoms with Crippen LogP contribution in [0.3, 0.4) is 0 Å². The Morgan fingerprint density at radius 2 is 0.690 bits per heavy atom. The summed E-state index contributed by atoms with van der Waals surface area (Å²) in [6, 6.07) is 13.4. The summed E-state index contributed by atoms with van der Waals surface area (Å²) in [7, 11) is 0. The van der Waals surface area contributed by atoms with Crippen molar-refractivity contribution >= 4 is 34.4 Å². The van der Waals surface area contributed by atoms with Crippen molar-refractivity contribution in [3.63, 3.8) is 0 Å². The largest absolute Gasteiger partial charge is 0.416 e. The maximum Gasteiger partial charge on any atom is 0.416 e. The van der Waals surface area contributed by atoms with Crippen LogP contribution in [0.15, 0.2) is 72.8 Å². The molecule has 4 amide bonds. The summed E-state index contributed by atoms with van der Waals surface area (Å²) in [5, 5.41) is 0.221. The van der Waals surface area contributed by atoms with Crippen LogP contribution < -0.4 is 0 Å². The molecule has 6 nitrogen and oxygen atoms in total. The SMILES string of the molecule is O=C1c2ccc3c4c(ccc(c24)C(=O)N1Cc1ccc(C(F)(F)F)cc1)C(=O)N(Cc1ccc(C(F)(F)F)cc1)C3=O. The molecule has 2 aliphatic rings. The van der Waals surface area contributed by atoms with Gasteiger partial charge in [0.15, 0.2) is 0 Å². The quantitative estimate of drug-likeness (QED) is 0.204. The van der Waals surface area contributed by atoms with Crippen LogP contribution in [0.4, 0.5) is 26.3 Å². The van der Waals surface area contributed by atoms with Crippen LogP contribution in [0.5, 0.6) is 0 Å². The van der Waals surface area contributed by atoms with E-state index in [1.54, 1.807) is 0 Å². The standard InChI is InChI=1S/C30H16F6N2O4/c31-29(32,33)17-5-1-15(2-6-17)13-37-25(39)19-9-11-21-24-22(12-10-20(23(19)24)26(37)40)28(42)38(27(21)41)14-16-3-7-18(8-4-16)30(34,35)36/h1-12H,13-14H2. The number of carbonyl (C=O) groups excluding carboxylic acids is 4. The molecule has 2 heterocycles. The third kappa shape index (κ3) is 4.30. The maximum atomic E-state index is 13.4. The number of alkyl halides is 6. The van der Waals surface area contributed by atoms with Crippen molar-refractivity contribution in [2.75, 3.05) is 0 Å². The van der Waals surface area contributed by atoms with E-state index < -0.39 is 47.1 Å². The molecule has 2 aliphatic heterocycles. The fourth-order valence-corrected chi connectivity index (χ4v) is 5.23. The van der Waals surface area contributed by atoms with E-state index in [9.17, 15) is 45.5 Å². The molecule has 212 valence electrons. The van der Waals surface area contributed by atoms with Gasteiger partial charge in [-0.05, 0) is 59.7 Å². The lowest BCUT2D eigenvalue weighted by Crippen LogP contribution is -2.42. The molecule has 42 heavy (non-hydrogen) atoms. The fraction of sp³-hybridized carbons (Fsp3) is 0.133. The van der Waals surface area contributed by atoms with Gasteiger partial charge in [0.2, 0.25) is 0 Å². The minimum absolute atomic E-state index is 0.0360.